The van der Waals surface area contributed by atoms with Gasteiger partial charge in [0.05, 0.1) is 10.4 Å². The maximum absolute atomic E-state index is 13.1. The monoisotopic (exact) mass is 397 g/mol. The third-order valence-electron chi connectivity index (χ3n) is 4.09. The first-order valence-electron chi connectivity index (χ1n) is 8.91. The second kappa shape index (κ2) is 7.28. The summed E-state index contributed by atoms with van der Waals surface area (Å²) in [6.07, 6.45) is 4.42. The number of para-hydroxylation sites is 1. The van der Waals surface area contributed by atoms with Gasteiger partial charge in [0.1, 0.15) is 5.60 Å². The van der Waals surface area contributed by atoms with Gasteiger partial charge >= 0.3 is 5.97 Å². The molecule has 146 valence electrons. The molecule has 0 aliphatic heterocycles. The zero-order chi connectivity index (χ0) is 20.5. The SMILES string of the molecule is Cc1ccc(S(=O)(=O)n2cc(/C=C/C(=O)OC(C)(C)C)c3ccccc32)cc1. The fraction of sp³-hybridized carbons (Fsp3) is 0.227. The topological polar surface area (TPSA) is 65.4 Å². The molecule has 0 aliphatic carbocycles. The van der Waals surface area contributed by atoms with Crippen molar-refractivity contribution in [1.82, 2.24) is 3.97 Å². The van der Waals surface area contributed by atoms with Crippen LogP contribution in [0, 0.1) is 6.92 Å². The first-order valence-corrected chi connectivity index (χ1v) is 10.4. The lowest BCUT2D eigenvalue weighted by Gasteiger charge is -2.17. The Kier molecular flexibility index (Phi) is 5.17. The molecular weight excluding hydrogens is 374 g/mol. The average Bonchev–Trinajstić information content (AvgIpc) is 2.98. The summed E-state index contributed by atoms with van der Waals surface area (Å²) >= 11 is 0. The van der Waals surface area contributed by atoms with E-state index in [0.29, 0.717) is 11.1 Å². The van der Waals surface area contributed by atoms with Crippen LogP contribution >= 0.6 is 0 Å². The molecule has 3 rings (SSSR count). The number of aryl methyl sites for hydroxylation is 1. The van der Waals surface area contributed by atoms with E-state index in [4.69, 9.17) is 4.74 Å². The highest BCUT2D eigenvalue weighted by molar-refractivity contribution is 7.90. The molecule has 0 unspecified atom stereocenters. The Morgan fingerprint density at radius 1 is 1.04 bits per heavy atom. The van der Waals surface area contributed by atoms with E-state index in [9.17, 15) is 13.2 Å². The van der Waals surface area contributed by atoms with Gasteiger partial charge in [0.2, 0.25) is 0 Å². The van der Waals surface area contributed by atoms with Crippen LogP contribution in [0.1, 0.15) is 31.9 Å². The Morgan fingerprint density at radius 3 is 2.32 bits per heavy atom. The van der Waals surface area contributed by atoms with E-state index in [1.807, 2.05) is 19.1 Å². The van der Waals surface area contributed by atoms with E-state index in [-0.39, 0.29) is 4.90 Å². The number of nitrogens with zero attached hydrogens (tertiary/aromatic N) is 1. The number of rotatable bonds is 4. The van der Waals surface area contributed by atoms with Crippen molar-refractivity contribution in [3.05, 3.63) is 71.9 Å². The molecule has 3 aromatic rings. The van der Waals surface area contributed by atoms with Crippen LogP contribution in [0.25, 0.3) is 17.0 Å². The summed E-state index contributed by atoms with van der Waals surface area (Å²) in [7, 11) is -3.76. The lowest BCUT2D eigenvalue weighted by Crippen LogP contribution is -2.22. The minimum Gasteiger partial charge on any atom is -0.457 e. The standard InChI is InChI=1S/C22H23NO4S/c1-16-9-12-18(13-10-16)28(25,26)23-15-17(19-7-5-6-8-20(19)23)11-14-21(24)27-22(2,3)4/h5-15H,1-4H3/b14-11+. The molecule has 2 aromatic carbocycles. The van der Waals surface area contributed by atoms with Crippen LogP contribution in [0.3, 0.4) is 0 Å². The fourth-order valence-electron chi connectivity index (χ4n) is 2.82. The van der Waals surface area contributed by atoms with Crippen molar-refractivity contribution in [1.29, 1.82) is 0 Å². The number of carbonyl (C=O) groups excluding carboxylic acids is 1. The van der Waals surface area contributed by atoms with Crippen LogP contribution in [0.2, 0.25) is 0 Å². The maximum atomic E-state index is 13.1. The summed E-state index contributed by atoms with van der Waals surface area (Å²) in [4.78, 5) is 12.2. The van der Waals surface area contributed by atoms with E-state index >= 15 is 0 Å². The zero-order valence-electron chi connectivity index (χ0n) is 16.3. The van der Waals surface area contributed by atoms with Gasteiger partial charge in [-0.05, 0) is 52.0 Å². The van der Waals surface area contributed by atoms with Gasteiger partial charge in [0, 0.05) is 23.2 Å². The van der Waals surface area contributed by atoms with Crippen LogP contribution < -0.4 is 0 Å². The van der Waals surface area contributed by atoms with E-state index < -0.39 is 21.6 Å². The first kappa shape index (κ1) is 19.9. The molecule has 0 amide bonds. The molecule has 0 saturated heterocycles. The number of carbonyl (C=O) groups is 1. The van der Waals surface area contributed by atoms with Crippen LogP contribution in [0.5, 0.6) is 0 Å². The predicted molar refractivity (Wildman–Crippen MR) is 111 cm³/mol. The summed E-state index contributed by atoms with van der Waals surface area (Å²) in [5.41, 5.74) is 1.56. The molecule has 28 heavy (non-hydrogen) atoms. The lowest BCUT2D eigenvalue weighted by atomic mass is 10.1. The number of esters is 1. The van der Waals surface area contributed by atoms with Crippen molar-refractivity contribution in [2.45, 2.75) is 38.2 Å². The van der Waals surface area contributed by atoms with Gasteiger partial charge in [-0.25, -0.2) is 17.2 Å². The van der Waals surface area contributed by atoms with Gasteiger partial charge in [-0.3, -0.25) is 0 Å². The normalized spacial score (nSPS) is 12.6. The molecule has 0 fully saturated rings. The van der Waals surface area contributed by atoms with Crippen molar-refractivity contribution in [2.75, 3.05) is 0 Å². The van der Waals surface area contributed by atoms with Crippen molar-refractivity contribution < 1.29 is 17.9 Å². The zero-order valence-corrected chi connectivity index (χ0v) is 17.2. The second-order valence-electron chi connectivity index (χ2n) is 7.58. The molecular formula is C22H23NO4S. The smallest absolute Gasteiger partial charge is 0.331 e. The number of aromatic nitrogens is 1. The van der Waals surface area contributed by atoms with Crippen molar-refractivity contribution >= 4 is 33.0 Å². The average molecular weight is 397 g/mol. The summed E-state index contributed by atoms with van der Waals surface area (Å²) in [5, 5.41) is 0.734. The van der Waals surface area contributed by atoms with Crippen LogP contribution in [0.15, 0.2) is 65.7 Å². The Hall–Kier alpha value is -2.86. The summed E-state index contributed by atoms with van der Waals surface area (Å²) in [6.45, 7) is 7.28. The fourth-order valence-corrected chi connectivity index (χ4v) is 4.20. The van der Waals surface area contributed by atoms with Crippen molar-refractivity contribution in [3.8, 4) is 0 Å². The largest absolute Gasteiger partial charge is 0.457 e. The molecule has 0 N–H and O–H groups in total. The highest BCUT2D eigenvalue weighted by atomic mass is 32.2. The van der Waals surface area contributed by atoms with Crippen molar-refractivity contribution in [2.24, 2.45) is 0 Å². The molecule has 1 heterocycles. The molecule has 6 heteroatoms. The highest BCUT2D eigenvalue weighted by Crippen LogP contribution is 2.27. The number of hydrogen-bond donors (Lipinski definition) is 0. The lowest BCUT2D eigenvalue weighted by molar-refractivity contribution is -0.148. The minimum absolute atomic E-state index is 0.210. The Labute approximate surface area is 165 Å². The minimum atomic E-state index is -3.76. The maximum Gasteiger partial charge on any atom is 0.331 e. The number of fused-ring (bicyclic) bond motifs is 1. The first-order chi connectivity index (χ1) is 13.1. The molecule has 0 spiro atoms. The molecule has 0 saturated carbocycles. The van der Waals surface area contributed by atoms with Gasteiger partial charge < -0.3 is 4.74 Å². The number of ether oxygens (including phenoxy) is 1. The molecule has 5 nitrogen and oxygen atoms in total. The van der Waals surface area contributed by atoms with Crippen LogP contribution in [0.4, 0.5) is 0 Å². The molecule has 0 atom stereocenters. The van der Waals surface area contributed by atoms with Gasteiger partial charge in [0.15, 0.2) is 0 Å². The van der Waals surface area contributed by atoms with Crippen LogP contribution in [-0.2, 0) is 19.6 Å². The summed E-state index contributed by atoms with van der Waals surface area (Å²) in [5.74, 6) is -0.481. The number of hydrogen-bond acceptors (Lipinski definition) is 4. The summed E-state index contributed by atoms with van der Waals surface area (Å²) in [6, 6.07) is 13.9. The van der Waals surface area contributed by atoms with E-state index in [1.165, 1.54) is 16.2 Å². The molecule has 0 aliphatic rings. The Bertz CT molecular complexity index is 1150. The summed E-state index contributed by atoms with van der Waals surface area (Å²) < 4.78 is 32.8. The highest BCUT2D eigenvalue weighted by Gasteiger charge is 2.21. The van der Waals surface area contributed by atoms with Gasteiger partial charge in [-0.15, -0.1) is 0 Å². The van der Waals surface area contributed by atoms with Crippen LogP contribution in [-0.4, -0.2) is 24.0 Å². The van der Waals surface area contributed by atoms with E-state index in [0.717, 1.165) is 10.9 Å². The van der Waals surface area contributed by atoms with Crippen molar-refractivity contribution in [3.63, 3.8) is 0 Å². The van der Waals surface area contributed by atoms with Gasteiger partial charge in [0.25, 0.3) is 10.0 Å². The van der Waals surface area contributed by atoms with Gasteiger partial charge in [-0.2, -0.15) is 0 Å². The quantitative estimate of drug-likeness (QED) is 0.479. The number of benzene rings is 2. The van der Waals surface area contributed by atoms with E-state index in [1.54, 1.807) is 63.2 Å². The molecule has 1 aromatic heterocycles. The molecule has 0 radical (unpaired) electrons. The van der Waals surface area contributed by atoms with Gasteiger partial charge in [-0.1, -0.05) is 35.9 Å². The molecule has 0 bridgehead atoms. The van der Waals surface area contributed by atoms with E-state index in [2.05, 4.69) is 0 Å². The Balaban J connectivity index is 2.06. The Morgan fingerprint density at radius 2 is 1.68 bits per heavy atom. The predicted octanol–water partition coefficient (Wildman–Crippen LogP) is 4.54. The second-order valence-corrected chi connectivity index (χ2v) is 9.40. The third kappa shape index (κ3) is 4.17. The third-order valence-corrected chi connectivity index (χ3v) is 5.78.